The van der Waals surface area contributed by atoms with Crippen molar-refractivity contribution in [3.05, 3.63) is 35.4 Å². The standard InChI is InChI=1S/C11H15Br/c1-3-4-10-5-7-11(8-6-10)9(2)12/h5-9H,3-4H2,1-2H3. The predicted molar refractivity (Wildman–Crippen MR) is 57.8 cm³/mol. The summed E-state index contributed by atoms with van der Waals surface area (Å²) in [5, 5.41) is 0. The van der Waals surface area contributed by atoms with Crippen LogP contribution in [0.1, 0.15) is 36.2 Å². The van der Waals surface area contributed by atoms with E-state index in [4.69, 9.17) is 0 Å². The summed E-state index contributed by atoms with van der Waals surface area (Å²) in [6.07, 6.45) is 2.42. The van der Waals surface area contributed by atoms with Crippen LogP contribution in [0.25, 0.3) is 0 Å². The maximum atomic E-state index is 3.55. The van der Waals surface area contributed by atoms with Gasteiger partial charge in [-0.2, -0.15) is 0 Å². The Bertz CT molecular complexity index is 223. The highest BCUT2D eigenvalue weighted by Crippen LogP contribution is 2.21. The van der Waals surface area contributed by atoms with Crippen LogP contribution in [0, 0.1) is 0 Å². The fourth-order valence-corrected chi connectivity index (χ4v) is 1.54. The highest BCUT2D eigenvalue weighted by atomic mass is 79.9. The number of alkyl halides is 1. The Kier molecular flexibility index (Phi) is 3.80. The molecule has 1 unspecified atom stereocenters. The van der Waals surface area contributed by atoms with Crippen LogP contribution in [-0.4, -0.2) is 0 Å². The normalized spacial score (nSPS) is 12.9. The highest BCUT2D eigenvalue weighted by molar-refractivity contribution is 9.09. The van der Waals surface area contributed by atoms with Gasteiger partial charge in [-0.3, -0.25) is 0 Å². The Hall–Kier alpha value is -0.300. The molecule has 1 aromatic carbocycles. The molecule has 0 saturated carbocycles. The Morgan fingerprint density at radius 1 is 1.25 bits per heavy atom. The number of halogens is 1. The zero-order valence-electron chi connectivity index (χ0n) is 7.68. The summed E-state index contributed by atoms with van der Waals surface area (Å²) in [5.74, 6) is 0. The van der Waals surface area contributed by atoms with Crippen molar-refractivity contribution < 1.29 is 0 Å². The molecule has 0 radical (unpaired) electrons. The summed E-state index contributed by atoms with van der Waals surface area (Å²) in [4.78, 5) is 0.466. The van der Waals surface area contributed by atoms with Crippen LogP contribution in [0.5, 0.6) is 0 Å². The van der Waals surface area contributed by atoms with Gasteiger partial charge in [0.2, 0.25) is 0 Å². The van der Waals surface area contributed by atoms with E-state index in [-0.39, 0.29) is 0 Å². The lowest BCUT2D eigenvalue weighted by atomic mass is 10.1. The molecule has 0 bridgehead atoms. The molecule has 0 nitrogen and oxygen atoms in total. The van der Waals surface area contributed by atoms with E-state index in [2.05, 4.69) is 54.0 Å². The van der Waals surface area contributed by atoms with Gasteiger partial charge < -0.3 is 0 Å². The SMILES string of the molecule is CCCc1ccc(C(C)Br)cc1. The van der Waals surface area contributed by atoms with Gasteiger partial charge in [0.25, 0.3) is 0 Å². The zero-order chi connectivity index (χ0) is 8.97. The van der Waals surface area contributed by atoms with Gasteiger partial charge in [0, 0.05) is 4.83 Å². The second kappa shape index (κ2) is 4.66. The number of aryl methyl sites for hydroxylation is 1. The summed E-state index contributed by atoms with van der Waals surface area (Å²) in [7, 11) is 0. The van der Waals surface area contributed by atoms with E-state index in [9.17, 15) is 0 Å². The second-order valence-electron chi connectivity index (χ2n) is 3.11. The van der Waals surface area contributed by atoms with Gasteiger partial charge >= 0.3 is 0 Å². The van der Waals surface area contributed by atoms with E-state index in [1.54, 1.807) is 0 Å². The maximum Gasteiger partial charge on any atom is 0.0367 e. The lowest BCUT2D eigenvalue weighted by Gasteiger charge is -2.04. The second-order valence-corrected chi connectivity index (χ2v) is 4.48. The van der Waals surface area contributed by atoms with Crippen molar-refractivity contribution in [2.45, 2.75) is 31.5 Å². The van der Waals surface area contributed by atoms with Crippen molar-refractivity contribution in [2.24, 2.45) is 0 Å². The van der Waals surface area contributed by atoms with E-state index in [1.807, 2.05) is 0 Å². The molecule has 0 heterocycles. The van der Waals surface area contributed by atoms with Crippen LogP contribution in [0.3, 0.4) is 0 Å². The largest absolute Gasteiger partial charge is 0.0842 e. The van der Waals surface area contributed by atoms with Crippen LogP contribution in [-0.2, 0) is 6.42 Å². The van der Waals surface area contributed by atoms with E-state index < -0.39 is 0 Å². The Morgan fingerprint density at radius 2 is 1.83 bits per heavy atom. The first kappa shape index (κ1) is 9.79. The molecule has 1 rings (SSSR count). The molecule has 0 fully saturated rings. The number of rotatable bonds is 3. The first-order chi connectivity index (χ1) is 5.74. The van der Waals surface area contributed by atoms with Crippen molar-refractivity contribution in [1.82, 2.24) is 0 Å². The monoisotopic (exact) mass is 226 g/mol. The summed E-state index contributed by atoms with van der Waals surface area (Å²) in [5.41, 5.74) is 2.80. The van der Waals surface area contributed by atoms with Crippen molar-refractivity contribution in [3.63, 3.8) is 0 Å². The Labute approximate surface area is 83.1 Å². The van der Waals surface area contributed by atoms with E-state index in [0.717, 1.165) is 0 Å². The summed E-state index contributed by atoms with van der Waals surface area (Å²) in [6, 6.07) is 8.84. The lowest BCUT2D eigenvalue weighted by molar-refractivity contribution is 0.919. The van der Waals surface area contributed by atoms with Crippen molar-refractivity contribution in [3.8, 4) is 0 Å². The molecule has 0 saturated heterocycles. The summed E-state index contributed by atoms with van der Waals surface area (Å²) in [6.45, 7) is 4.36. The number of hydrogen-bond donors (Lipinski definition) is 0. The van der Waals surface area contributed by atoms with Gasteiger partial charge in [0.05, 0.1) is 0 Å². The van der Waals surface area contributed by atoms with Crippen molar-refractivity contribution >= 4 is 15.9 Å². The predicted octanol–water partition coefficient (Wildman–Crippen LogP) is 4.10. The molecule has 0 aliphatic carbocycles. The molecule has 12 heavy (non-hydrogen) atoms. The van der Waals surface area contributed by atoms with Crippen LogP contribution in [0.15, 0.2) is 24.3 Å². The van der Waals surface area contributed by atoms with E-state index in [0.29, 0.717) is 4.83 Å². The van der Waals surface area contributed by atoms with Gasteiger partial charge in [-0.15, -0.1) is 0 Å². The molecule has 1 aromatic rings. The summed E-state index contributed by atoms with van der Waals surface area (Å²) >= 11 is 3.55. The minimum absolute atomic E-state index is 0.466. The zero-order valence-corrected chi connectivity index (χ0v) is 9.26. The number of benzene rings is 1. The van der Waals surface area contributed by atoms with Crippen molar-refractivity contribution in [1.29, 1.82) is 0 Å². The lowest BCUT2D eigenvalue weighted by Crippen LogP contribution is -1.86. The summed E-state index contributed by atoms with van der Waals surface area (Å²) < 4.78 is 0. The smallest absolute Gasteiger partial charge is 0.0367 e. The molecule has 0 aromatic heterocycles. The third-order valence-electron chi connectivity index (χ3n) is 1.98. The number of hydrogen-bond acceptors (Lipinski definition) is 0. The first-order valence-corrected chi connectivity index (χ1v) is 5.38. The van der Waals surface area contributed by atoms with Crippen LogP contribution in [0.4, 0.5) is 0 Å². The van der Waals surface area contributed by atoms with E-state index in [1.165, 1.54) is 24.0 Å². The van der Waals surface area contributed by atoms with Crippen LogP contribution < -0.4 is 0 Å². The molecule has 1 atom stereocenters. The minimum Gasteiger partial charge on any atom is -0.0842 e. The molecule has 0 amide bonds. The van der Waals surface area contributed by atoms with Gasteiger partial charge in [0.1, 0.15) is 0 Å². The molecule has 0 spiro atoms. The topological polar surface area (TPSA) is 0 Å². The Morgan fingerprint density at radius 3 is 2.25 bits per heavy atom. The maximum absolute atomic E-state index is 3.55. The quantitative estimate of drug-likeness (QED) is 0.682. The average molecular weight is 227 g/mol. The van der Waals surface area contributed by atoms with Crippen LogP contribution >= 0.6 is 15.9 Å². The molecular weight excluding hydrogens is 212 g/mol. The fraction of sp³-hybridized carbons (Fsp3) is 0.455. The van der Waals surface area contributed by atoms with Crippen LogP contribution in [0.2, 0.25) is 0 Å². The van der Waals surface area contributed by atoms with Gasteiger partial charge in [-0.05, 0) is 24.5 Å². The fourth-order valence-electron chi connectivity index (χ4n) is 1.24. The molecule has 0 aliphatic rings. The van der Waals surface area contributed by atoms with Crippen molar-refractivity contribution in [2.75, 3.05) is 0 Å². The highest BCUT2D eigenvalue weighted by Gasteiger charge is 1.98. The Balaban J connectivity index is 2.71. The molecule has 0 N–H and O–H groups in total. The van der Waals surface area contributed by atoms with E-state index >= 15 is 0 Å². The molecule has 1 heteroatoms. The van der Waals surface area contributed by atoms with Gasteiger partial charge in [-0.1, -0.05) is 53.5 Å². The minimum atomic E-state index is 0.466. The molecule has 0 aliphatic heterocycles. The molecule has 66 valence electrons. The third-order valence-corrected chi connectivity index (χ3v) is 2.51. The van der Waals surface area contributed by atoms with Gasteiger partial charge in [-0.25, -0.2) is 0 Å². The third kappa shape index (κ3) is 2.63. The average Bonchev–Trinajstić information content (AvgIpc) is 2.06. The first-order valence-electron chi connectivity index (χ1n) is 4.47. The van der Waals surface area contributed by atoms with Gasteiger partial charge in [0.15, 0.2) is 0 Å². The molecular formula is C11H15Br.